The van der Waals surface area contributed by atoms with E-state index in [-0.39, 0.29) is 17.2 Å². The summed E-state index contributed by atoms with van der Waals surface area (Å²) in [6, 6.07) is 0. The number of rotatable bonds is 8. The lowest BCUT2D eigenvalue weighted by atomic mass is 10.0. The Morgan fingerprint density at radius 2 is 1.61 bits per heavy atom. The first-order valence-corrected chi connectivity index (χ1v) is 6.51. The van der Waals surface area contributed by atoms with Gasteiger partial charge in [0.15, 0.2) is 0 Å². The highest BCUT2D eigenvalue weighted by atomic mass is 16.5. The fourth-order valence-electron chi connectivity index (χ4n) is 1.46. The Kier molecular flexibility index (Phi) is 7.48. The summed E-state index contributed by atoms with van der Waals surface area (Å²) in [7, 11) is 1.39. The Hall–Kier alpha value is -0.610. The van der Waals surface area contributed by atoms with Gasteiger partial charge in [-0.2, -0.15) is 0 Å². The largest absolute Gasteiger partial charge is 0.469 e. The van der Waals surface area contributed by atoms with Gasteiger partial charge in [-0.15, -0.1) is 0 Å². The maximum atomic E-state index is 10.9. The van der Waals surface area contributed by atoms with E-state index in [1.54, 1.807) is 0 Å². The van der Waals surface area contributed by atoms with E-state index in [1.807, 2.05) is 34.6 Å². The predicted octanol–water partition coefficient (Wildman–Crippen LogP) is 2.94. The summed E-state index contributed by atoms with van der Waals surface area (Å²) in [5.74, 6) is -0.234. The first-order valence-electron chi connectivity index (χ1n) is 6.51. The van der Waals surface area contributed by atoms with Gasteiger partial charge in [-0.25, -0.2) is 0 Å². The molecular weight excluding hydrogens is 232 g/mol. The Morgan fingerprint density at radius 1 is 1.00 bits per heavy atom. The van der Waals surface area contributed by atoms with E-state index < -0.39 is 0 Å². The fraction of sp³-hybridized carbons (Fsp3) is 0.929. The summed E-state index contributed by atoms with van der Waals surface area (Å²) in [5.41, 5.74) is -0.314. The van der Waals surface area contributed by atoms with Crippen molar-refractivity contribution in [1.82, 2.24) is 0 Å². The van der Waals surface area contributed by atoms with Crippen LogP contribution in [0.3, 0.4) is 0 Å². The molecule has 0 aromatic heterocycles. The van der Waals surface area contributed by atoms with Crippen LogP contribution in [0.15, 0.2) is 0 Å². The van der Waals surface area contributed by atoms with Crippen LogP contribution in [0.25, 0.3) is 0 Å². The fourth-order valence-corrected chi connectivity index (χ4v) is 1.46. The van der Waals surface area contributed by atoms with E-state index in [0.717, 1.165) is 19.4 Å². The molecule has 0 atom stereocenters. The highest BCUT2D eigenvalue weighted by Gasteiger charge is 2.19. The van der Waals surface area contributed by atoms with Gasteiger partial charge in [-0.05, 0) is 47.5 Å². The average molecular weight is 260 g/mol. The topological polar surface area (TPSA) is 44.8 Å². The van der Waals surface area contributed by atoms with Gasteiger partial charge >= 0.3 is 5.97 Å². The summed E-state index contributed by atoms with van der Waals surface area (Å²) < 4.78 is 15.9. The predicted molar refractivity (Wildman–Crippen MR) is 71.6 cm³/mol. The third-order valence-corrected chi connectivity index (χ3v) is 2.48. The van der Waals surface area contributed by atoms with Crippen LogP contribution in [0.2, 0.25) is 0 Å². The molecule has 0 saturated heterocycles. The molecule has 0 radical (unpaired) electrons. The van der Waals surface area contributed by atoms with Crippen molar-refractivity contribution >= 4 is 5.97 Å². The van der Waals surface area contributed by atoms with Gasteiger partial charge in [0.05, 0.1) is 31.3 Å². The van der Waals surface area contributed by atoms with Crippen LogP contribution in [0.5, 0.6) is 0 Å². The molecule has 0 bridgehead atoms. The standard InChI is InChI=1S/C14H28O4/c1-13(2,3)17-10-7-9-14(4,5)18-11-8-12(15)16-6/h7-11H2,1-6H3. The first-order chi connectivity index (χ1) is 8.16. The van der Waals surface area contributed by atoms with Gasteiger partial charge in [0.25, 0.3) is 0 Å². The Labute approximate surface area is 111 Å². The second-order valence-electron chi connectivity index (χ2n) is 6.00. The molecule has 0 aliphatic rings. The third kappa shape index (κ3) is 10.5. The van der Waals surface area contributed by atoms with Crippen molar-refractivity contribution < 1.29 is 19.0 Å². The van der Waals surface area contributed by atoms with Crippen molar-refractivity contribution in [3.8, 4) is 0 Å². The van der Waals surface area contributed by atoms with Gasteiger partial charge < -0.3 is 14.2 Å². The minimum absolute atomic E-state index is 0.0874. The second kappa shape index (κ2) is 7.74. The monoisotopic (exact) mass is 260 g/mol. The number of hydrogen-bond donors (Lipinski definition) is 0. The van der Waals surface area contributed by atoms with Crippen molar-refractivity contribution in [3.05, 3.63) is 0 Å². The zero-order valence-corrected chi connectivity index (χ0v) is 12.7. The molecule has 108 valence electrons. The number of ether oxygens (including phenoxy) is 3. The minimum atomic E-state index is -0.234. The third-order valence-electron chi connectivity index (χ3n) is 2.48. The molecule has 0 aromatic carbocycles. The van der Waals surface area contributed by atoms with Crippen molar-refractivity contribution in [2.24, 2.45) is 0 Å². The molecule has 4 nitrogen and oxygen atoms in total. The molecule has 0 heterocycles. The zero-order valence-electron chi connectivity index (χ0n) is 12.7. The second-order valence-corrected chi connectivity index (χ2v) is 6.00. The van der Waals surface area contributed by atoms with Gasteiger partial charge in [-0.1, -0.05) is 0 Å². The maximum absolute atomic E-state index is 10.9. The molecule has 0 N–H and O–H groups in total. The van der Waals surface area contributed by atoms with E-state index in [9.17, 15) is 4.79 Å². The Morgan fingerprint density at radius 3 is 2.11 bits per heavy atom. The number of carbonyl (C=O) groups is 1. The summed E-state index contributed by atoms with van der Waals surface area (Å²) in [6.07, 6.45) is 2.16. The molecule has 4 heteroatoms. The highest BCUT2D eigenvalue weighted by molar-refractivity contribution is 5.69. The quantitative estimate of drug-likeness (QED) is 0.497. The van der Waals surface area contributed by atoms with E-state index in [2.05, 4.69) is 4.74 Å². The van der Waals surface area contributed by atoms with E-state index >= 15 is 0 Å². The smallest absolute Gasteiger partial charge is 0.307 e. The van der Waals surface area contributed by atoms with E-state index in [0.29, 0.717) is 13.0 Å². The van der Waals surface area contributed by atoms with Crippen LogP contribution in [-0.2, 0) is 19.0 Å². The van der Waals surface area contributed by atoms with Gasteiger partial charge in [0, 0.05) is 6.61 Å². The highest BCUT2D eigenvalue weighted by Crippen LogP contribution is 2.18. The molecule has 0 fully saturated rings. The normalized spacial score (nSPS) is 12.6. The zero-order chi connectivity index (χ0) is 14.2. The van der Waals surface area contributed by atoms with Crippen molar-refractivity contribution in [2.45, 2.75) is 65.1 Å². The van der Waals surface area contributed by atoms with Crippen molar-refractivity contribution in [3.63, 3.8) is 0 Å². The van der Waals surface area contributed by atoms with Crippen LogP contribution in [-0.4, -0.2) is 37.5 Å². The van der Waals surface area contributed by atoms with Crippen molar-refractivity contribution in [1.29, 1.82) is 0 Å². The minimum Gasteiger partial charge on any atom is -0.469 e. The first kappa shape index (κ1) is 17.4. The Balaban J connectivity index is 3.70. The van der Waals surface area contributed by atoms with Gasteiger partial charge in [0.1, 0.15) is 0 Å². The van der Waals surface area contributed by atoms with Crippen LogP contribution in [0.1, 0.15) is 53.9 Å². The van der Waals surface area contributed by atoms with E-state index in [4.69, 9.17) is 9.47 Å². The molecular formula is C14H28O4. The molecule has 0 amide bonds. The molecule has 0 unspecified atom stereocenters. The van der Waals surface area contributed by atoms with Crippen LogP contribution in [0.4, 0.5) is 0 Å². The average Bonchev–Trinajstić information content (AvgIpc) is 2.23. The number of methoxy groups -OCH3 is 1. The molecule has 18 heavy (non-hydrogen) atoms. The lowest BCUT2D eigenvalue weighted by Crippen LogP contribution is -2.27. The lowest BCUT2D eigenvalue weighted by molar-refractivity contribution is -0.143. The Bertz CT molecular complexity index is 241. The van der Waals surface area contributed by atoms with Gasteiger partial charge in [0.2, 0.25) is 0 Å². The summed E-state index contributed by atoms with van der Waals surface area (Å²) in [6.45, 7) is 11.3. The summed E-state index contributed by atoms with van der Waals surface area (Å²) in [5, 5.41) is 0. The van der Waals surface area contributed by atoms with Crippen LogP contribution in [0, 0.1) is 0 Å². The van der Waals surface area contributed by atoms with Crippen LogP contribution < -0.4 is 0 Å². The molecule has 0 aliphatic carbocycles. The summed E-state index contributed by atoms with van der Waals surface area (Å²) >= 11 is 0. The molecule has 0 aliphatic heterocycles. The van der Waals surface area contributed by atoms with E-state index in [1.165, 1.54) is 7.11 Å². The van der Waals surface area contributed by atoms with Gasteiger partial charge in [-0.3, -0.25) is 4.79 Å². The molecule has 0 rings (SSSR count). The molecule has 0 aromatic rings. The SMILES string of the molecule is COC(=O)CCOC(C)(C)CCCOC(C)(C)C. The van der Waals surface area contributed by atoms with Crippen molar-refractivity contribution in [2.75, 3.05) is 20.3 Å². The number of carbonyl (C=O) groups excluding carboxylic acids is 1. The lowest BCUT2D eigenvalue weighted by Gasteiger charge is -2.26. The molecule has 0 spiro atoms. The molecule has 0 saturated carbocycles. The summed E-state index contributed by atoms with van der Waals surface area (Å²) in [4.78, 5) is 10.9. The van der Waals surface area contributed by atoms with Crippen LogP contribution >= 0.6 is 0 Å². The number of hydrogen-bond acceptors (Lipinski definition) is 4. The maximum Gasteiger partial charge on any atom is 0.307 e. The number of esters is 1.